The van der Waals surface area contributed by atoms with Crippen LogP contribution in [0.4, 0.5) is 0 Å². The molecule has 0 radical (unpaired) electrons. The van der Waals surface area contributed by atoms with E-state index in [4.69, 9.17) is 4.74 Å². The zero-order valence-corrected chi connectivity index (χ0v) is 14.7. The van der Waals surface area contributed by atoms with Crippen molar-refractivity contribution >= 4 is 11.8 Å². The fourth-order valence-corrected chi connectivity index (χ4v) is 4.08. The van der Waals surface area contributed by atoms with E-state index in [2.05, 4.69) is 5.32 Å². The Morgan fingerprint density at radius 2 is 1.67 bits per heavy atom. The number of nitrogens with zero attached hydrogens (tertiary/aromatic N) is 2. The predicted molar refractivity (Wildman–Crippen MR) is 91.6 cm³/mol. The number of nitrogens with one attached hydrogen (secondary N) is 1. The van der Waals surface area contributed by atoms with E-state index < -0.39 is 0 Å². The summed E-state index contributed by atoms with van der Waals surface area (Å²) in [7, 11) is 0. The number of rotatable bonds is 5. The first-order chi connectivity index (χ1) is 11.7. The molecule has 0 aromatic heterocycles. The lowest BCUT2D eigenvalue weighted by Gasteiger charge is -2.36. The van der Waals surface area contributed by atoms with Crippen LogP contribution in [0.2, 0.25) is 0 Å². The van der Waals surface area contributed by atoms with Crippen molar-refractivity contribution in [3.63, 3.8) is 0 Å². The van der Waals surface area contributed by atoms with Gasteiger partial charge in [-0.15, -0.1) is 0 Å². The molecule has 24 heavy (non-hydrogen) atoms. The summed E-state index contributed by atoms with van der Waals surface area (Å²) in [5.74, 6) is 1.22. The molecule has 136 valence electrons. The number of ether oxygens (including phenoxy) is 1. The van der Waals surface area contributed by atoms with E-state index in [1.54, 1.807) is 0 Å². The van der Waals surface area contributed by atoms with Gasteiger partial charge in [-0.1, -0.05) is 25.7 Å². The molecular weight excluding hydrogens is 306 g/mol. The van der Waals surface area contributed by atoms with Gasteiger partial charge in [0.15, 0.2) is 0 Å². The van der Waals surface area contributed by atoms with Crippen LogP contribution >= 0.6 is 0 Å². The first-order valence-corrected chi connectivity index (χ1v) is 9.59. The smallest absolute Gasteiger partial charge is 0.224 e. The summed E-state index contributed by atoms with van der Waals surface area (Å²) < 4.78 is 5.40. The largest absolute Gasteiger partial charge is 0.378 e. The van der Waals surface area contributed by atoms with Crippen LogP contribution in [0.15, 0.2) is 0 Å². The molecule has 0 aromatic rings. The summed E-state index contributed by atoms with van der Waals surface area (Å²) in [5, 5.41) is 3.32. The highest BCUT2D eigenvalue weighted by atomic mass is 16.5. The lowest BCUT2D eigenvalue weighted by atomic mass is 10.0. The summed E-state index contributed by atoms with van der Waals surface area (Å²) >= 11 is 0. The number of piperazine rings is 1. The van der Waals surface area contributed by atoms with Crippen LogP contribution in [0.3, 0.4) is 0 Å². The van der Waals surface area contributed by atoms with Crippen LogP contribution in [0.25, 0.3) is 0 Å². The van der Waals surface area contributed by atoms with Crippen molar-refractivity contribution in [1.82, 2.24) is 15.1 Å². The molecule has 1 aliphatic carbocycles. The average molecular weight is 337 g/mol. The van der Waals surface area contributed by atoms with Crippen molar-refractivity contribution in [2.45, 2.75) is 51.0 Å². The van der Waals surface area contributed by atoms with E-state index in [1.807, 2.05) is 9.80 Å². The third-order valence-electron chi connectivity index (χ3n) is 5.65. The standard InChI is InChI=1S/C18H31N3O3/c22-17(6-5-15-3-1-2-4-15)20-8-10-21(11-9-20)18(23)13-16-14-24-12-7-19-16/h15-16,19H,1-14H2. The highest BCUT2D eigenvalue weighted by molar-refractivity contribution is 5.78. The van der Waals surface area contributed by atoms with Crippen LogP contribution in [0, 0.1) is 5.92 Å². The molecule has 0 aromatic carbocycles. The van der Waals surface area contributed by atoms with Crippen molar-refractivity contribution in [3.8, 4) is 0 Å². The lowest BCUT2D eigenvalue weighted by Crippen LogP contribution is -2.52. The number of hydrogen-bond donors (Lipinski definition) is 1. The lowest BCUT2D eigenvalue weighted by molar-refractivity contribution is -0.140. The molecule has 2 heterocycles. The van der Waals surface area contributed by atoms with Crippen molar-refractivity contribution in [1.29, 1.82) is 0 Å². The Morgan fingerprint density at radius 1 is 1.00 bits per heavy atom. The summed E-state index contributed by atoms with van der Waals surface area (Å²) in [6, 6.07) is 0.136. The van der Waals surface area contributed by atoms with Crippen molar-refractivity contribution < 1.29 is 14.3 Å². The molecule has 2 saturated heterocycles. The SMILES string of the molecule is O=C(CCC1CCCC1)N1CCN(C(=O)CC2COCCN2)CC1. The highest BCUT2D eigenvalue weighted by Crippen LogP contribution is 2.28. The summed E-state index contributed by atoms with van der Waals surface area (Å²) in [6.07, 6.45) is 7.49. The molecule has 0 bridgehead atoms. The third-order valence-corrected chi connectivity index (χ3v) is 5.65. The zero-order chi connectivity index (χ0) is 16.8. The van der Waals surface area contributed by atoms with Crippen LogP contribution in [-0.4, -0.2) is 73.6 Å². The van der Waals surface area contributed by atoms with Gasteiger partial charge in [0, 0.05) is 51.6 Å². The molecule has 2 amide bonds. The maximum Gasteiger partial charge on any atom is 0.224 e. The van der Waals surface area contributed by atoms with Gasteiger partial charge in [0.05, 0.1) is 13.2 Å². The maximum atomic E-state index is 12.4. The molecule has 0 spiro atoms. The zero-order valence-electron chi connectivity index (χ0n) is 14.7. The molecule has 3 aliphatic rings. The van der Waals surface area contributed by atoms with Crippen LogP contribution < -0.4 is 5.32 Å². The predicted octanol–water partition coefficient (Wildman–Crippen LogP) is 1.01. The Kier molecular flexibility index (Phi) is 6.49. The number of carbonyl (C=O) groups excluding carboxylic acids is 2. The average Bonchev–Trinajstić information content (AvgIpc) is 3.14. The molecule has 2 aliphatic heterocycles. The summed E-state index contributed by atoms with van der Waals surface area (Å²) in [4.78, 5) is 28.6. The Bertz CT molecular complexity index is 423. The minimum absolute atomic E-state index is 0.136. The number of carbonyl (C=O) groups is 2. The highest BCUT2D eigenvalue weighted by Gasteiger charge is 2.27. The van der Waals surface area contributed by atoms with Gasteiger partial charge in [0.25, 0.3) is 0 Å². The molecule has 6 heteroatoms. The van der Waals surface area contributed by atoms with Crippen molar-refractivity contribution in [2.24, 2.45) is 5.92 Å². The third kappa shape index (κ3) is 4.93. The van der Waals surface area contributed by atoms with E-state index >= 15 is 0 Å². The fraction of sp³-hybridized carbons (Fsp3) is 0.889. The first kappa shape index (κ1) is 17.7. The van der Waals surface area contributed by atoms with E-state index in [9.17, 15) is 9.59 Å². The van der Waals surface area contributed by atoms with E-state index in [-0.39, 0.29) is 17.9 Å². The molecule has 3 fully saturated rings. The van der Waals surface area contributed by atoms with Gasteiger partial charge >= 0.3 is 0 Å². The second-order valence-electron chi connectivity index (χ2n) is 7.38. The molecule has 1 unspecified atom stereocenters. The van der Waals surface area contributed by atoms with E-state index in [1.165, 1.54) is 25.7 Å². The Morgan fingerprint density at radius 3 is 2.29 bits per heavy atom. The minimum atomic E-state index is 0.136. The van der Waals surface area contributed by atoms with Gasteiger partial charge < -0.3 is 19.9 Å². The minimum Gasteiger partial charge on any atom is -0.378 e. The Balaban J connectivity index is 1.35. The Hall–Kier alpha value is -1.14. The molecule has 3 rings (SSSR count). The first-order valence-electron chi connectivity index (χ1n) is 9.59. The van der Waals surface area contributed by atoms with Gasteiger partial charge in [0.2, 0.25) is 11.8 Å². The fourth-order valence-electron chi connectivity index (χ4n) is 4.08. The van der Waals surface area contributed by atoms with Crippen molar-refractivity contribution in [3.05, 3.63) is 0 Å². The molecular formula is C18H31N3O3. The number of hydrogen-bond acceptors (Lipinski definition) is 4. The topological polar surface area (TPSA) is 61.9 Å². The number of morpholine rings is 1. The second-order valence-corrected chi connectivity index (χ2v) is 7.38. The van der Waals surface area contributed by atoms with Gasteiger partial charge in [-0.2, -0.15) is 0 Å². The Labute approximate surface area is 144 Å². The van der Waals surface area contributed by atoms with Crippen molar-refractivity contribution in [2.75, 3.05) is 45.9 Å². The second kappa shape index (κ2) is 8.81. The maximum absolute atomic E-state index is 12.4. The molecule has 1 atom stereocenters. The van der Waals surface area contributed by atoms with Crippen LogP contribution in [0.5, 0.6) is 0 Å². The van der Waals surface area contributed by atoms with Gasteiger partial charge in [-0.3, -0.25) is 9.59 Å². The quantitative estimate of drug-likeness (QED) is 0.813. The van der Waals surface area contributed by atoms with Gasteiger partial charge in [-0.05, 0) is 12.3 Å². The van der Waals surface area contributed by atoms with E-state index in [0.29, 0.717) is 45.6 Å². The number of amides is 2. The molecule has 6 nitrogen and oxygen atoms in total. The molecule has 1 N–H and O–H groups in total. The normalized spacial score (nSPS) is 25.9. The van der Waals surface area contributed by atoms with E-state index in [0.717, 1.165) is 25.5 Å². The van der Waals surface area contributed by atoms with Crippen LogP contribution in [0.1, 0.15) is 44.9 Å². The monoisotopic (exact) mass is 337 g/mol. The van der Waals surface area contributed by atoms with Crippen LogP contribution in [-0.2, 0) is 14.3 Å². The summed E-state index contributed by atoms with van der Waals surface area (Å²) in [5.41, 5.74) is 0. The summed E-state index contributed by atoms with van der Waals surface area (Å²) in [6.45, 7) is 4.87. The van der Waals surface area contributed by atoms with Gasteiger partial charge in [-0.25, -0.2) is 0 Å². The van der Waals surface area contributed by atoms with Gasteiger partial charge in [0.1, 0.15) is 0 Å². The molecule has 1 saturated carbocycles.